The first-order chi connectivity index (χ1) is 5.57. The van der Waals surface area contributed by atoms with E-state index < -0.39 is 0 Å². The molecular formula is C7H9B4N. The molecule has 0 atom stereocenters. The van der Waals surface area contributed by atoms with E-state index in [1.54, 1.807) is 0 Å². The molecule has 5 heteroatoms. The lowest BCUT2D eigenvalue weighted by atomic mass is 9.65. The summed E-state index contributed by atoms with van der Waals surface area (Å²) in [4.78, 5) is 0. The number of hydrogen-bond acceptors (Lipinski definition) is 1. The minimum atomic E-state index is 0.801. The normalized spacial score (nSPS) is 9.25. The summed E-state index contributed by atoms with van der Waals surface area (Å²) in [7, 11) is 8.21. The number of hydrogen-bond donors (Lipinski definition) is 0. The van der Waals surface area contributed by atoms with E-state index in [-0.39, 0.29) is 0 Å². The van der Waals surface area contributed by atoms with Gasteiger partial charge in [0.2, 0.25) is 0 Å². The fraction of sp³-hybridized carbons (Fsp3) is 0. The lowest BCUT2D eigenvalue weighted by Gasteiger charge is -2.10. The zero-order valence-corrected chi connectivity index (χ0v) is 8.02. The molecule has 0 aromatic heterocycles. The molecule has 12 heavy (non-hydrogen) atoms. The number of nitrogens with zero attached hydrogens (tertiary/aromatic N) is 1. The summed E-state index contributed by atoms with van der Waals surface area (Å²) in [5.74, 6) is 0. The van der Waals surface area contributed by atoms with E-state index in [0.717, 1.165) is 11.0 Å². The molecule has 0 aliphatic carbocycles. The van der Waals surface area contributed by atoms with E-state index in [4.69, 9.17) is 5.26 Å². The average Bonchev–Trinajstić information content (AvgIpc) is 2.08. The Hall–Kier alpha value is -1.03. The highest BCUT2D eigenvalue weighted by molar-refractivity contribution is 6.62. The molecular weight excluding hydrogens is 141 g/mol. The van der Waals surface area contributed by atoms with Gasteiger partial charge in [-0.3, -0.25) is 0 Å². The molecule has 1 nitrogen and oxygen atoms in total. The summed E-state index contributed by atoms with van der Waals surface area (Å²) in [5, 5.41) is 8.81. The van der Waals surface area contributed by atoms with Crippen LogP contribution in [0.4, 0.5) is 0 Å². The Morgan fingerprint density at radius 2 is 1.58 bits per heavy atom. The van der Waals surface area contributed by atoms with Crippen LogP contribution in [-0.4, -0.2) is 31.4 Å². The Morgan fingerprint density at radius 3 is 2.08 bits per heavy atom. The van der Waals surface area contributed by atoms with Crippen LogP contribution in [-0.2, 0) is 0 Å². The maximum atomic E-state index is 8.81. The minimum Gasteiger partial charge on any atom is -0.192 e. The maximum absolute atomic E-state index is 8.81. The molecule has 0 bridgehead atoms. The predicted octanol–water partition coefficient (Wildman–Crippen LogP) is -5.41. The van der Waals surface area contributed by atoms with Crippen molar-refractivity contribution in [3.8, 4) is 6.07 Å². The SMILES string of the molecule is Bc1cc(C#N)c(B)c(B)c1B. The van der Waals surface area contributed by atoms with Gasteiger partial charge in [0.05, 0.1) is 6.07 Å². The van der Waals surface area contributed by atoms with Gasteiger partial charge in [0.1, 0.15) is 31.4 Å². The van der Waals surface area contributed by atoms with Crippen LogP contribution < -0.4 is 21.9 Å². The maximum Gasteiger partial charge on any atom is 0.140 e. The molecule has 0 unspecified atom stereocenters. The third-order valence-electron chi connectivity index (χ3n) is 2.60. The third-order valence-corrected chi connectivity index (χ3v) is 2.60. The molecule has 0 saturated carbocycles. The number of benzene rings is 1. The molecule has 0 radical (unpaired) electrons. The zero-order chi connectivity index (χ0) is 9.30. The highest BCUT2D eigenvalue weighted by atomic mass is 14.2. The summed E-state index contributed by atoms with van der Waals surface area (Å²) in [6.45, 7) is 0. The zero-order valence-electron chi connectivity index (χ0n) is 8.02. The topological polar surface area (TPSA) is 23.8 Å². The van der Waals surface area contributed by atoms with E-state index in [9.17, 15) is 0 Å². The first-order valence-corrected chi connectivity index (χ1v) is 4.05. The number of rotatable bonds is 0. The molecule has 1 aromatic rings. The second-order valence-electron chi connectivity index (χ2n) is 3.23. The lowest BCUT2D eigenvalue weighted by Crippen LogP contribution is -2.48. The van der Waals surface area contributed by atoms with Gasteiger partial charge < -0.3 is 0 Å². The van der Waals surface area contributed by atoms with Crippen LogP contribution in [0.25, 0.3) is 0 Å². The molecule has 0 fully saturated rings. The molecule has 1 aromatic carbocycles. The van der Waals surface area contributed by atoms with Crippen molar-refractivity contribution in [3.63, 3.8) is 0 Å². The quantitative estimate of drug-likeness (QED) is 0.339. The Kier molecular flexibility index (Phi) is 2.37. The summed E-state index contributed by atoms with van der Waals surface area (Å²) in [6, 6.07) is 4.16. The molecule has 0 aliphatic rings. The molecule has 54 valence electrons. The van der Waals surface area contributed by atoms with Crippen LogP contribution >= 0.6 is 0 Å². The van der Waals surface area contributed by atoms with Gasteiger partial charge in [-0.25, -0.2) is 0 Å². The first-order valence-electron chi connectivity index (χ1n) is 4.05. The lowest BCUT2D eigenvalue weighted by molar-refractivity contribution is 1.51. The molecule has 0 amide bonds. The predicted molar refractivity (Wildman–Crippen MR) is 63.9 cm³/mol. The van der Waals surface area contributed by atoms with E-state index >= 15 is 0 Å². The van der Waals surface area contributed by atoms with Gasteiger partial charge in [0.15, 0.2) is 0 Å². The van der Waals surface area contributed by atoms with E-state index in [2.05, 4.69) is 21.8 Å². The van der Waals surface area contributed by atoms with Crippen molar-refractivity contribution in [1.29, 1.82) is 5.26 Å². The number of nitriles is 1. The van der Waals surface area contributed by atoms with Gasteiger partial charge in [-0.2, -0.15) is 5.26 Å². The fourth-order valence-electron chi connectivity index (χ4n) is 1.33. The fourth-order valence-corrected chi connectivity index (χ4v) is 1.33. The van der Waals surface area contributed by atoms with E-state index in [0.29, 0.717) is 0 Å². The second-order valence-corrected chi connectivity index (χ2v) is 3.23. The Morgan fingerprint density at radius 1 is 1.00 bits per heavy atom. The van der Waals surface area contributed by atoms with Gasteiger partial charge in [0.25, 0.3) is 0 Å². The molecule has 0 N–H and O–H groups in total. The van der Waals surface area contributed by atoms with Gasteiger partial charge in [-0.15, -0.1) is 10.9 Å². The third kappa shape index (κ3) is 1.30. The Bertz CT molecular complexity index is 367. The largest absolute Gasteiger partial charge is 0.192 e. The summed E-state index contributed by atoms with van der Waals surface area (Å²) in [5.41, 5.74) is 5.66. The Balaban J connectivity index is 3.52. The highest BCUT2D eigenvalue weighted by Gasteiger charge is 2.04. The van der Waals surface area contributed by atoms with Crippen molar-refractivity contribution in [3.05, 3.63) is 11.6 Å². The van der Waals surface area contributed by atoms with Gasteiger partial charge >= 0.3 is 0 Å². The van der Waals surface area contributed by atoms with Crippen molar-refractivity contribution < 1.29 is 0 Å². The van der Waals surface area contributed by atoms with Crippen molar-refractivity contribution in [2.45, 2.75) is 0 Å². The second kappa shape index (κ2) is 3.15. The van der Waals surface area contributed by atoms with Crippen molar-refractivity contribution >= 4 is 53.2 Å². The highest BCUT2D eigenvalue weighted by Crippen LogP contribution is 1.83. The molecule has 0 saturated heterocycles. The first kappa shape index (κ1) is 9.06. The van der Waals surface area contributed by atoms with Crippen LogP contribution in [0.5, 0.6) is 0 Å². The van der Waals surface area contributed by atoms with Crippen molar-refractivity contribution in [2.75, 3.05) is 0 Å². The minimum absolute atomic E-state index is 0.801. The van der Waals surface area contributed by atoms with Gasteiger partial charge in [-0.1, -0.05) is 17.0 Å². The molecule has 0 aliphatic heterocycles. The Labute approximate surface area is 76.8 Å². The molecule has 0 spiro atoms. The molecule has 1 rings (SSSR count). The standard InChI is InChI=1S/C7H9B4N/c8-4-1-3(2-12)5(9)7(11)6(4)10/h1H,8-11H2. The van der Waals surface area contributed by atoms with Crippen molar-refractivity contribution in [2.24, 2.45) is 0 Å². The van der Waals surface area contributed by atoms with Gasteiger partial charge in [0, 0.05) is 5.56 Å². The molecule has 0 heterocycles. The smallest absolute Gasteiger partial charge is 0.140 e. The van der Waals surface area contributed by atoms with E-state index in [1.807, 2.05) is 21.8 Å². The van der Waals surface area contributed by atoms with E-state index in [1.165, 1.54) is 16.4 Å². The van der Waals surface area contributed by atoms with Crippen molar-refractivity contribution in [1.82, 2.24) is 0 Å². The van der Waals surface area contributed by atoms with Crippen LogP contribution in [0.15, 0.2) is 6.07 Å². The summed E-state index contributed by atoms with van der Waals surface area (Å²) in [6.07, 6.45) is 0. The van der Waals surface area contributed by atoms with Crippen LogP contribution in [0.2, 0.25) is 0 Å². The van der Waals surface area contributed by atoms with Crippen LogP contribution in [0.1, 0.15) is 5.56 Å². The van der Waals surface area contributed by atoms with Crippen LogP contribution in [0.3, 0.4) is 0 Å². The average molecular weight is 150 g/mol. The summed E-state index contributed by atoms with van der Waals surface area (Å²) < 4.78 is 0. The summed E-state index contributed by atoms with van der Waals surface area (Å²) >= 11 is 0. The van der Waals surface area contributed by atoms with Crippen LogP contribution in [0, 0.1) is 11.3 Å². The monoisotopic (exact) mass is 151 g/mol. The van der Waals surface area contributed by atoms with Gasteiger partial charge in [-0.05, 0) is 0 Å².